The molecule has 2 aromatic carbocycles. The SMILES string of the molecule is Cc1nc2c3c(Cl)cccc3c(OCc3ccccc3)c(C(=O)O)n2n1. The summed E-state index contributed by atoms with van der Waals surface area (Å²) < 4.78 is 7.23. The normalized spacial score (nSPS) is 11.2. The Morgan fingerprint density at radius 3 is 2.69 bits per heavy atom. The second-order valence-electron chi connectivity index (χ2n) is 5.81. The summed E-state index contributed by atoms with van der Waals surface area (Å²) in [5.74, 6) is -0.477. The van der Waals surface area contributed by atoms with Gasteiger partial charge in [0, 0.05) is 10.8 Å². The van der Waals surface area contributed by atoms with Gasteiger partial charge in [0.25, 0.3) is 0 Å². The first kappa shape index (κ1) is 16.4. The van der Waals surface area contributed by atoms with Crippen molar-refractivity contribution in [3.05, 3.63) is 70.6 Å². The van der Waals surface area contributed by atoms with Gasteiger partial charge in [0.15, 0.2) is 17.1 Å². The van der Waals surface area contributed by atoms with Crippen LogP contribution in [-0.4, -0.2) is 25.7 Å². The molecule has 2 aromatic heterocycles. The van der Waals surface area contributed by atoms with Crippen LogP contribution in [0, 0.1) is 6.92 Å². The molecule has 0 atom stereocenters. The Morgan fingerprint density at radius 2 is 1.96 bits per heavy atom. The maximum atomic E-state index is 12.0. The van der Waals surface area contributed by atoms with Gasteiger partial charge in [0.2, 0.25) is 0 Å². The first-order chi connectivity index (χ1) is 12.6. The summed E-state index contributed by atoms with van der Waals surface area (Å²) in [7, 11) is 0. The molecule has 1 N–H and O–H groups in total. The van der Waals surface area contributed by atoms with E-state index in [9.17, 15) is 9.90 Å². The molecule has 26 heavy (non-hydrogen) atoms. The Kier molecular flexibility index (Phi) is 3.97. The fourth-order valence-electron chi connectivity index (χ4n) is 2.96. The molecule has 6 nitrogen and oxygen atoms in total. The first-order valence-electron chi connectivity index (χ1n) is 7.94. The third-order valence-corrected chi connectivity index (χ3v) is 4.37. The molecule has 2 heterocycles. The average Bonchev–Trinajstić information content (AvgIpc) is 3.00. The fourth-order valence-corrected chi connectivity index (χ4v) is 3.22. The number of ether oxygens (including phenoxy) is 1. The monoisotopic (exact) mass is 367 g/mol. The Bertz CT molecular complexity index is 1140. The zero-order chi connectivity index (χ0) is 18.3. The highest BCUT2D eigenvalue weighted by Gasteiger charge is 2.24. The van der Waals surface area contributed by atoms with Crippen LogP contribution in [0.1, 0.15) is 21.9 Å². The van der Waals surface area contributed by atoms with Crippen LogP contribution in [0.4, 0.5) is 0 Å². The lowest BCUT2D eigenvalue weighted by Crippen LogP contribution is -2.11. The number of pyridine rings is 1. The van der Waals surface area contributed by atoms with Crippen LogP contribution < -0.4 is 4.74 Å². The van der Waals surface area contributed by atoms with Crippen molar-refractivity contribution < 1.29 is 14.6 Å². The number of rotatable bonds is 4. The highest BCUT2D eigenvalue weighted by Crippen LogP contribution is 2.36. The van der Waals surface area contributed by atoms with E-state index in [2.05, 4.69) is 10.1 Å². The van der Waals surface area contributed by atoms with Gasteiger partial charge in [-0.2, -0.15) is 5.10 Å². The summed E-state index contributed by atoms with van der Waals surface area (Å²) in [5.41, 5.74) is 1.24. The summed E-state index contributed by atoms with van der Waals surface area (Å²) in [4.78, 5) is 16.3. The molecule has 130 valence electrons. The lowest BCUT2D eigenvalue weighted by atomic mass is 10.1. The first-order valence-corrected chi connectivity index (χ1v) is 8.31. The number of nitrogens with zero attached hydrogens (tertiary/aromatic N) is 3. The predicted molar refractivity (Wildman–Crippen MR) is 98.0 cm³/mol. The van der Waals surface area contributed by atoms with E-state index in [0.29, 0.717) is 27.3 Å². The van der Waals surface area contributed by atoms with Gasteiger partial charge in [0.05, 0.1) is 5.02 Å². The lowest BCUT2D eigenvalue weighted by Gasteiger charge is -2.14. The molecule has 0 saturated heterocycles. The van der Waals surface area contributed by atoms with Crippen LogP contribution in [0.5, 0.6) is 5.75 Å². The van der Waals surface area contributed by atoms with Crippen LogP contribution >= 0.6 is 11.6 Å². The zero-order valence-corrected chi connectivity index (χ0v) is 14.6. The molecule has 4 rings (SSSR count). The van der Waals surface area contributed by atoms with Crippen molar-refractivity contribution in [3.63, 3.8) is 0 Å². The Hall–Kier alpha value is -3.12. The minimum atomic E-state index is -1.15. The second kappa shape index (κ2) is 6.31. The fraction of sp³-hybridized carbons (Fsp3) is 0.105. The van der Waals surface area contributed by atoms with Gasteiger partial charge in [-0.15, -0.1) is 0 Å². The van der Waals surface area contributed by atoms with E-state index in [1.165, 1.54) is 4.52 Å². The molecule has 0 spiro atoms. The van der Waals surface area contributed by atoms with Crippen molar-refractivity contribution in [3.8, 4) is 5.75 Å². The Balaban J connectivity index is 2.00. The van der Waals surface area contributed by atoms with E-state index in [1.807, 2.05) is 30.3 Å². The van der Waals surface area contributed by atoms with Crippen molar-refractivity contribution in [1.82, 2.24) is 14.6 Å². The number of carbonyl (C=O) groups is 1. The van der Waals surface area contributed by atoms with Gasteiger partial charge < -0.3 is 9.84 Å². The molecule has 0 aliphatic heterocycles. The second-order valence-corrected chi connectivity index (χ2v) is 6.22. The maximum Gasteiger partial charge on any atom is 0.358 e. The van der Waals surface area contributed by atoms with Crippen molar-refractivity contribution in [2.75, 3.05) is 0 Å². The average molecular weight is 368 g/mol. The number of aromatic carboxylic acids is 1. The molecular weight excluding hydrogens is 354 g/mol. The molecule has 0 aliphatic rings. The standard InChI is InChI=1S/C19H14ClN3O3/c1-11-21-18-15-13(8-5-9-14(15)20)17(16(19(24)25)23(18)22-11)26-10-12-6-3-2-4-7-12/h2-9H,10H2,1H3,(H,24,25). The quantitative estimate of drug-likeness (QED) is 0.587. The van der Waals surface area contributed by atoms with Crippen molar-refractivity contribution >= 4 is 34.0 Å². The van der Waals surface area contributed by atoms with E-state index >= 15 is 0 Å². The smallest absolute Gasteiger partial charge is 0.358 e. The van der Waals surface area contributed by atoms with Gasteiger partial charge in [-0.05, 0) is 18.6 Å². The minimum absolute atomic E-state index is 0.0775. The highest BCUT2D eigenvalue weighted by molar-refractivity contribution is 6.37. The largest absolute Gasteiger partial charge is 0.486 e. The van der Waals surface area contributed by atoms with Crippen LogP contribution in [0.25, 0.3) is 16.4 Å². The third kappa shape index (κ3) is 2.64. The van der Waals surface area contributed by atoms with Gasteiger partial charge in [0.1, 0.15) is 12.4 Å². The summed E-state index contributed by atoms with van der Waals surface area (Å²) in [5, 5.41) is 15.7. The van der Waals surface area contributed by atoms with Crippen LogP contribution in [0.2, 0.25) is 5.02 Å². The Morgan fingerprint density at radius 1 is 1.19 bits per heavy atom. The molecule has 0 unspecified atom stereocenters. The summed E-state index contributed by atoms with van der Waals surface area (Å²) in [6, 6.07) is 14.8. The predicted octanol–water partition coefficient (Wildman–Crippen LogP) is 4.12. The topological polar surface area (TPSA) is 76.7 Å². The number of hydrogen-bond acceptors (Lipinski definition) is 4. The molecule has 4 aromatic rings. The molecular formula is C19H14ClN3O3. The summed E-state index contributed by atoms with van der Waals surface area (Å²) in [6.45, 7) is 1.92. The van der Waals surface area contributed by atoms with Crippen LogP contribution in [0.15, 0.2) is 48.5 Å². The molecule has 0 fully saturated rings. The van der Waals surface area contributed by atoms with Crippen molar-refractivity contribution in [1.29, 1.82) is 0 Å². The van der Waals surface area contributed by atoms with Gasteiger partial charge in [-0.25, -0.2) is 14.3 Å². The number of fused-ring (bicyclic) bond motifs is 3. The van der Waals surface area contributed by atoms with Crippen molar-refractivity contribution in [2.24, 2.45) is 0 Å². The van der Waals surface area contributed by atoms with Gasteiger partial charge >= 0.3 is 5.97 Å². The molecule has 0 bridgehead atoms. The molecule has 0 radical (unpaired) electrons. The number of hydrogen-bond donors (Lipinski definition) is 1. The van der Waals surface area contributed by atoms with E-state index in [1.54, 1.807) is 25.1 Å². The highest BCUT2D eigenvalue weighted by atomic mass is 35.5. The number of carboxylic acid groups (broad SMARTS) is 1. The molecule has 7 heteroatoms. The van der Waals surface area contributed by atoms with Gasteiger partial charge in [-0.1, -0.05) is 54.1 Å². The lowest BCUT2D eigenvalue weighted by molar-refractivity contribution is 0.0682. The number of aromatic nitrogens is 3. The van der Waals surface area contributed by atoms with E-state index in [4.69, 9.17) is 16.3 Å². The van der Waals surface area contributed by atoms with E-state index in [0.717, 1.165) is 5.56 Å². The number of aryl methyl sites for hydroxylation is 1. The molecule has 0 saturated carbocycles. The molecule has 0 aliphatic carbocycles. The maximum absolute atomic E-state index is 12.0. The minimum Gasteiger partial charge on any atom is -0.486 e. The van der Waals surface area contributed by atoms with E-state index in [-0.39, 0.29) is 18.1 Å². The molecule has 0 amide bonds. The van der Waals surface area contributed by atoms with E-state index < -0.39 is 5.97 Å². The number of benzene rings is 2. The Labute approximate surface area is 153 Å². The number of halogens is 1. The number of carboxylic acids is 1. The summed E-state index contributed by atoms with van der Waals surface area (Å²) in [6.07, 6.45) is 0. The third-order valence-electron chi connectivity index (χ3n) is 4.05. The van der Waals surface area contributed by atoms with Crippen LogP contribution in [0.3, 0.4) is 0 Å². The zero-order valence-electron chi connectivity index (χ0n) is 13.8. The summed E-state index contributed by atoms with van der Waals surface area (Å²) >= 11 is 6.38. The van der Waals surface area contributed by atoms with Crippen molar-refractivity contribution in [2.45, 2.75) is 13.5 Å². The van der Waals surface area contributed by atoms with Gasteiger partial charge in [-0.3, -0.25) is 0 Å². The van der Waals surface area contributed by atoms with Crippen LogP contribution in [-0.2, 0) is 6.61 Å².